The van der Waals surface area contributed by atoms with Crippen LogP contribution >= 0.6 is 11.6 Å². The number of aromatic nitrogens is 6. The summed E-state index contributed by atoms with van der Waals surface area (Å²) in [6.45, 7) is 16.3. The van der Waals surface area contributed by atoms with Crippen LogP contribution in [0.3, 0.4) is 0 Å². The number of fused-ring (bicyclic) bond motifs is 4. The van der Waals surface area contributed by atoms with Gasteiger partial charge in [-0.1, -0.05) is 51.4 Å². The average molecular weight is 820 g/mol. The second kappa shape index (κ2) is 17.8. The lowest BCUT2D eigenvalue weighted by molar-refractivity contribution is 0.0830. The molecule has 2 heterocycles. The fraction of sp³-hybridized carbons (Fsp3) is 0.619. The highest BCUT2D eigenvalue weighted by Crippen LogP contribution is 2.41. The van der Waals surface area contributed by atoms with E-state index in [0.717, 1.165) is 62.8 Å². The number of benzene rings is 2. The number of aryl methyl sites for hydroxylation is 4. The van der Waals surface area contributed by atoms with E-state index in [1.807, 2.05) is 9.13 Å². The first-order valence-electron chi connectivity index (χ1n) is 21.0. The van der Waals surface area contributed by atoms with Gasteiger partial charge in [0.2, 0.25) is 11.9 Å². The summed E-state index contributed by atoms with van der Waals surface area (Å²) >= 11 is 6.12. The van der Waals surface area contributed by atoms with Crippen LogP contribution in [0.1, 0.15) is 81.8 Å². The first-order valence-corrected chi connectivity index (χ1v) is 28.9. The highest BCUT2D eigenvalue weighted by Gasteiger charge is 2.27. The minimum atomic E-state index is -1.13. The van der Waals surface area contributed by atoms with Gasteiger partial charge in [0.05, 0.1) is 5.88 Å². The van der Waals surface area contributed by atoms with Gasteiger partial charge in [-0.15, -0.1) is 32.0 Å². The molecular formula is C42H63ClN8O3Si2. The van der Waals surface area contributed by atoms with E-state index < -0.39 is 16.1 Å². The number of hydrogen-bond acceptors (Lipinski definition) is 9. The van der Waals surface area contributed by atoms with Gasteiger partial charge in [-0.25, -0.2) is 0 Å². The monoisotopic (exact) mass is 818 g/mol. The van der Waals surface area contributed by atoms with Crippen LogP contribution in [-0.2, 0) is 86.8 Å². The van der Waals surface area contributed by atoms with Gasteiger partial charge in [0.15, 0.2) is 11.6 Å². The topological polar surface area (TPSA) is 124 Å². The molecule has 0 atom stereocenters. The van der Waals surface area contributed by atoms with Crippen molar-refractivity contribution in [3.05, 3.63) is 68.3 Å². The van der Waals surface area contributed by atoms with E-state index in [-0.39, 0.29) is 6.61 Å². The average Bonchev–Trinajstić information content (AvgIpc) is 4.01. The smallest absolute Gasteiger partial charge is 0.231 e. The van der Waals surface area contributed by atoms with Crippen LogP contribution in [0, 0.1) is 0 Å². The van der Waals surface area contributed by atoms with Gasteiger partial charge in [-0.3, -0.25) is 9.13 Å². The zero-order valence-electron chi connectivity index (χ0n) is 34.6. The predicted octanol–water partition coefficient (Wildman–Crippen LogP) is 8.85. The largest absolute Gasteiger partial charge is 0.388 e. The number of rotatable bonds is 16. The molecular weight excluding hydrogens is 756 g/mol. The number of nitrogens with zero attached hydrogens (tertiary/aromatic N) is 6. The first kappa shape index (κ1) is 41.1. The summed E-state index contributed by atoms with van der Waals surface area (Å²) < 4.78 is 15.8. The number of nitrogens with one attached hydrogen (secondary N) is 2. The van der Waals surface area contributed by atoms with E-state index in [9.17, 15) is 5.11 Å². The number of aliphatic hydroxyl groups is 1. The van der Waals surface area contributed by atoms with Gasteiger partial charge >= 0.3 is 0 Å². The van der Waals surface area contributed by atoms with Gasteiger partial charge in [0.25, 0.3) is 0 Å². The maximum Gasteiger partial charge on any atom is 0.231 e. The Balaban J connectivity index is 0.000000172. The number of hydrogen-bond donors (Lipinski definition) is 3. The van der Waals surface area contributed by atoms with Crippen molar-refractivity contribution in [2.24, 2.45) is 0 Å². The normalized spacial score (nSPS) is 15.7. The Hall–Kier alpha value is -3.08. The molecule has 0 saturated carbocycles. The van der Waals surface area contributed by atoms with E-state index in [2.05, 4.69) is 82.4 Å². The summed E-state index contributed by atoms with van der Waals surface area (Å²) in [5, 5.41) is 34.1. The van der Waals surface area contributed by atoms with E-state index in [0.29, 0.717) is 31.1 Å². The third kappa shape index (κ3) is 9.61. The lowest BCUT2D eigenvalue weighted by Gasteiger charge is -2.18. The third-order valence-corrected chi connectivity index (χ3v) is 15.4. The Morgan fingerprint density at radius 3 is 1.32 bits per heavy atom. The van der Waals surface area contributed by atoms with Crippen molar-refractivity contribution in [1.29, 1.82) is 0 Å². The number of alkyl halides is 1. The Labute approximate surface area is 340 Å². The lowest BCUT2D eigenvalue weighted by Crippen LogP contribution is -2.22. The Morgan fingerprint density at radius 1 is 0.589 bits per heavy atom. The second-order valence-electron chi connectivity index (χ2n) is 18.4. The van der Waals surface area contributed by atoms with Crippen molar-refractivity contribution >= 4 is 51.0 Å². The minimum absolute atomic E-state index is 0.142. The fourth-order valence-electron chi connectivity index (χ4n) is 8.57. The summed E-state index contributed by atoms with van der Waals surface area (Å²) in [5.41, 5.74) is 14.4. The molecule has 56 heavy (non-hydrogen) atoms. The molecule has 2 aromatic heterocycles. The quantitative estimate of drug-likeness (QED) is 0.0578. The first-order chi connectivity index (χ1) is 26.9. The summed E-state index contributed by atoms with van der Waals surface area (Å²) in [6, 6.07) is 7.14. The van der Waals surface area contributed by atoms with Crippen LogP contribution in [0.5, 0.6) is 0 Å². The van der Waals surface area contributed by atoms with Crippen LogP contribution in [0.4, 0.5) is 23.3 Å². The van der Waals surface area contributed by atoms with Crippen molar-refractivity contribution in [2.75, 3.05) is 23.8 Å². The molecule has 0 radical (unpaired) electrons. The highest BCUT2D eigenvalue weighted by molar-refractivity contribution is 6.76. The van der Waals surface area contributed by atoms with E-state index in [1.54, 1.807) is 0 Å². The molecule has 0 bridgehead atoms. The zero-order chi connectivity index (χ0) is 39.5. The summed E-state index contributed by atoms with van der Waals surface area (Å²) in [6.07, 6.45) is 14.2. The van der Waals surface area contributed by atoms with Crippen molar-refractivity contribution in [1.82, 2.24) is 29.5 Å². The summed E-state index contributed by atoms with van der Waals surface area (Å²) in [4.78, 5) is 0. The standard InChI is InChI=1S/C21H31ClN4OSi.C21H32N4O2Si/c1-28(2,3)11-10-27-14-26-19(13-22)24-25-21(26)23-20-17-8-4-6-15(17)12-16-7-5-9-18(16)20;1-28(2,3)11-10-27-14-25-19(13-26)23-24-21(25)22-20-17-8-4-6-15(17)12-16-7-5-9-18(16)20/h12H,4-11,13-14H2,1-3H3,(H,23,25);12,26H,4-11,13-14H2,1-3H3,(H,22,24). The molecule has 0 amide bonds. The number of anilines is 4. The second-order valence-corrected chi connectivity index (χ2v) is 30.0. The molecule has 8 rings (SSSR count). The SMILES string of the molecule is C[Si](C)(C)CCOCn1c(CCl)nnc1Nc1c2c(cc3c1CCC3)CCC2.C[Si](C)(C)CCOCn1c(CO)nnc1Nc1c2c(cc3c1CCC3)CCC2. The lowest BCUT2D eigenvalue weighted by atomic mass is 9.99. The van der Waals surface area contributed by atoms with E-state index >= 15 is 0 Å². The molecule has 11 nitrogen and oxygen atoms in total. The van der Waals surface area contributed by atoms with Crippen LogP contribution in [0.2, 0.25) is 51.4 Å². The highest BCUT2D eigenvalue weighted by atomic mass is 35.5. The van der Waals surface area contributed by atoms with Crippen LogP contribution in [-0.4, -0.2) is 64.0 Å². The minimum Gasteiger partial charge on any atom is -0.388 e. The molecule has 4 aliphatic rings. The molecule has 14 heteroatoms. The van der Waals surface area contributed by atoms with Gasteiger partial charge in [0.1, 0.15) is 20.1 Å². The fourth-order valence-corrected chi connectivity index (χ4v) is 10.3. The molecule has 0 fully saturated rings. The Kier molecular flexibility index (Phi) is 13.1. The van der Waals surface area contributed by atoms with Crippen LogP contribution < -0.4 is 10.6 Å². The third-order valence-electron chi connectivity index (χ3n) is 11.8. The van der Waals surface area contributed by atoms with Crippen molar-refractivity contribution in [2.45, 2.75) is 154 Å². The molecule has 4 aliphatic carbocycles. The summed E-state index contributed by atoms with van der Waals surface area (Å²) in [7, 11) is -2.24. The Morgan fingerprint density at radius 2 is 0.964 bits per heavy atom. The van der Waals surface area contributed by atoms with Gasteiger partial charge in [-0.2, -0.15) is 0 Å². The molecule has 0 unspecified atom stereocenters. The van der Waals surface area contributed by atoms with E-state index in [1.165, 1.54) is 107 Å². The van der Waals surface area contributed by atoms with Gasteiger partial charge in [-0.05, 0) is 134 Å². The predicted molar refractivity (Wildman–Crippen MR) is 231 cm³/mol. The maximum absolute atomic E-state index is 9.69. The number of aliphatic hydroxyl groups excluding tert-OH is 1. The maximum atomic E-state index is 9.69. The summed E-state index contributed by atoms with van der Waals surface area (Å²) in [5.74, 6) is 3.04. The molecule has 0 aliphatic heterocycles. The molecule has 4 aromatic rings. The van der Waals surface area contributed by atoms with Crippen LogP contribution in [0.25, 0.3) is 0 Å². The van der Waals surface area contributed by atoms with Gasteiger partial charge < -0.3 is 25.2 Å². The van der Waals surface area contributed by atoms with Crippen molar-refractivity contribution in [3.8, 4) is 0 Å². The molecule has 3 N–H and O–H groups in total. The Bertz CT molecular complexity index is 1790. The van der Waals surface area contributed by atoms with Crippen molar-refractivity contribution < 1.29 is 14.6 Å². The molecule has 0 saturated heterocycles. The number of ether oxygens (including phenoxy) is 2. The van der Waals surface area contributed by atoms with E-state index in [4.69, 9.17) is 21.1 Å². The number of halogens is 1. The molecule has 304 valence electrons. The van der Waals surface area contributed by atoms with Crippen molar-refractivity contribution in [3.63, 3.8) is 0 Å². The zero-order valence-corrected chi connectivity index (χ0v) is 37.4. The molecule has 2 aromatic carbocycles. The van der Waals surface area contributed by atoms with Gasteiger partial charge in [0, 0.05) is 40.7 Å². The van der Waals surface area contributed by atoms with Crippen LogP contribution in [0.15, 0.2) is 12.1 Å². The molecule has 0 spiro atoms.